The lowest BCUT2D eigenvalue weighted by Crippen LogP contribution is -1.93. The molecule has 0 amide bonds. The summed E-state index contributed by atoms with van der Waals surface area (Å²) in [5.74, 6) is 0.542. The molecule has 0 aliphatic heterocycles. The van der Waals surface area contributed by atoms with Crippen LogP contribution in [0, 0.1) is 14.9 Å². The van der Waals surface area contributed by atoms with Crippen LogP contribution >= 0.6 is 45.7 Å². The molecule has 3 rings (SSSR count). The molecule has 0 spiro atoms. The van der Waals surface area contributed by atoms with Gasteiger partial charge in [-0.2, -0.15) is 5.26 Å². The van der Waals surface area contributed by atoms with Gasteiger partial charge in [0.05, 0.1) is 25.3 Å². The van der Waals surface area contributed by atoms with Gasteiger partial charge >= 0.3 is 0 Å². The molecule has 0 unspecified atom stereocenters. The molecule has 4 nitrogen and oxygen atoms in total. The Kier molecular flexibility index (Phi) is 5.83. The lowest BCUT2D eigenvalue weighted by molar-refractivity contribution is 0.317. The van der Waals surface area contributed by atoms with E-state index < -0.39 is 0 Å². The van der Waals surface area contributed by atoms with Crippen molar-refractivity contribution in [1.82, 2.24) is 4.98 Å². The zero-order chi connectivity index (χ0) is 17.8. The number of thiazole rings is 1. The Hall–Kier alpha value is -1.76. The Labute approximate surface area is 167 Å². The second-order valence-electron chi connectivity index (χ2n) is 4.95. The van der Waals surface area contributed by atoms with E-state index in [1.54, 1.807) is 23.5 Å². The van der Waals surface area contributed by atoms with Gasteiger partial charge in [0.25, 0.3) is 0 Å². The predicted octanol–water partition coefficient (Wildman–Crippen LogP) is 5.66. The molecule has 3 aromatic rings. The van der Waals surface area contributed by atoms with Crippen molar-refractivity contribution in [3.05, 3.63) is 50.4 Å². The minimum Gasteiger partial charge on any atom is -0.504 e. The molecule has 0 saturated heterocycles. The number of aromatic nitrogens is 1. The van der Waals surface area contributed by atoms with Crippen LogP contribution in [-0.2, 0) is 0 Å². The van der Waals surface area contributed by atoms with Crippen LogP contribution in [0.25, 0.3) is 16.3 Å². The number of benzene rings is 2. The summed E-state index contributed by atoms with van der Waals surface area (Å²) in [6.07, 6.45) is 1.78. The second kappa shape index (κ2) is 8.08. The van der Waals surface area contributed by atoms with Gasteiger partial charge in [-0.15, -0.1) is 11.3 Å². The van der Waals surface area contributed by atoms with Gasteiger partial charge in [-0.25, -0.2) is 4.98 Å². The van der Waals surface area contributed by atoms with Gasteiger partial charge in [0.2, 0.25) is 0 Å². The first-order chi connectivity index (χ1) is 12.1. The summed E-state index contributed by atoms with van der Waals surface area (Å²) >= 11 is 4.95. The van der Waals surface area contributed by atoms with E-state index in [1.807, 2.05) is 59.8 Å². The monoisotopic (exact) mass is 480 g/mol. The zero-order valence-corrected chi connectivity index (χ0v) is 17.0. The number of phenols is 1. The topological polar surface area (TPSA) is 66.1 Å². The first kappa shape index (κ1) is 18.0. The molecule has 1 N–H and O–H groups in total. The van der Waals surface area contributed by atoms with Crippen molar-refractivity contribution in [2.24, 2.45) is 0 Å². The molecule has 0 radical (unpaired) electrons. The minimum atomic E-state index is 0.122. The van der Waals surface area contributed by atoms with Crippen molar-refractivity contribution in [3.63, 3.8) is 0 Å². The van der Waals surface area contributed by atoms with Gasteiger partial charge in [-0.05, 0) is 77.2 Å². The van der Waals surface area contributed by atoms with Gasteiger partial charge in [-0.3, -0.25) is 0 Å². The minimum absolute atomic E-state index is 0.122. The molecule has 1 aromatic heterocycles. The number of aromatic hydroxyl groups is 1. The van der Waals surface area contributed by atoms with Gasteiger partial charge in [0.15, 0.2) is 15.8 Å². The van der Waals surface area contributed by atoms with E-state index in [1.165, 1.54) is 11.8 Å². The molecular weight excluding hydrogens is 467 g/mol. The maximum atomic E-state index is 10.0. The number of rotatable bonds is 5. The summed E-state index contributed by atoms with van der Waals surface area (Å²) in [6.45, 7) is 2.32. The van der Waals surface area contributed by atoms with E-state index in [0.29, 0.717) is 20.8 Å². The van der Waals surface area contributed by atoms with Crippen LogP contribution in [-0.4, -0.2) is 16.7 Å². The van der Waals surface area contributed by atoms with Gasteiger partial charge in [0.1, 0.15) is 6.07 Å². The first-order valence-electron chi connectivity index (χ1n) is 7.41. The van der Waals surface area contributed by atoms with Crippen molar-refractivity contribution in [2.45, 2.75) is 11.3 Å². The molecule has 126 valence electrons. The molecule has 25 heavy (non-hydrogen) atoms. The highest BCUT2D eigenvalue weighted by atomic mass is 127. The van der Waals surface area contributed by atoms with E-state index in [2.05, 4.69) is 11.1 Å². The molecule has 0 atom stereocenters. The fraction of sp³-hybridized carbons (Fsp3) is 0.111. The summed E-state index contributed by atoms with van der Waals surface area (Å²) < 4.78 is 8.05. The molecule has 0 aliphatic rings. The van der Waals surface area contributed by atoms with Crippen molar-refractivity contribution >= 4 is 62.0 Å². The quantitative estimate of drug-likeness (QED) is 0.290. The summed E-state index contributed by atoms with van der Waals surface area (Å²) in [5, 5.41) is 19.5. The highest BCUT2D eigenvalue weighted by molar-refractivity contribution is 14.1. The molecule has 0 fully saturated rings. The summed E-state index contributed by atoms with van der Waals surface area (Å²) in [6, 6.07) is 13.7. The number of allylic oxidation sites excluding steroid dienone is 1. The number of nitrogens with zero attached hydrogens (tertiary/aromatic N) is 2. The number of halogens is 1. The van der Waals surface area contributed by atoms with Gasteiger partial charge in [-0.1, -0.05) is 12.1 Å². The Bertz CT molecular complexity index is 959. The van der Waals surface area contributed by atoms with Crippen LogP contribution in [0.1, 0.15) is 12.5 Å². The second-order valence-corrected chi connectivity index (χ2v) is 8.43. The Morgan fingerprint density at radius 1 is 1.44 bits per heavy atom. The van der Waals surface area contributed by atoms with Crippen LogP contribution in [0.2, 0.25) is 0 Å². The third-order valence-electron chi connectivity index (χ3n) is 3.23. The Balaban J connectivity index is 1.91. The number of ether oxygens (including phenoxy) is 1. The van der Waals surface area contributed by atoms with Crippen molar-refractivity contribution in [1.29, 1.82) is 5.26 Å². The van der Waals surface area contributed by atoms with Crippen LogP contribution < -0.4 is 4.74 Å². The molecule has 0 saturated carbocycles. The smallest absolute Gasteiger partial charge is 0.171 e. The first-order valence-corrected chi connectivity index (χ1v) is 10.1. The van der Waals surface area contributed by atoms with E-state index in [9.17, 15) is 10.4 Å². The number of thioether (sulfide) groups is 1. The Morgan fingerprint density at radius 2 is 2.24 bits per heavy atom. The maximum absolute atomic E-state index is 10.0. The largest absolute Gasteiger partial charge is 0.504 e. The summed E-state index contributed by atoms with van der Waals surface area (Å²) in [4.78, 5) is 5.07. The lowest BCUT2D eigenvalue weighted by atomic mass is 10.2. The predicted molar refractivity (Wildman–Crippen MR) is 111 cm³/mol. The van der Waals surface area contributed by atoms with Crippen LogP contribution in [0.15, 0.2) is 45.6 Å². The van der Waals surface area contributed by atoms with Crippen LogP contribution in [0.5, 0.6) is 11.5 Å². The third kappa shape index (κ3) is 4.26. The SMILES string of the molecule is CCOc1cc(C=C(C#N)Sc2nc3ccccc3s2)cc(I)c1O. The number of para-hydroxylation sites is 1. The fourth-order valence-electron chi connectivity index (χ4n) is 2.17. The molecule has 0 bridgehead atoms. The number of fused-ring (bicyclic) bond motifs is 1. The summed E-state index contributed by atoms with van der Waals surface area (Å²) in [7, 11) is 0. The average Bonchev–Trinajstić information content (AvgIpc) is 3.01. The lowest BCUT2D eigenvalue weighted by Gasteiger charge is -2.08. The number of hydrogen-bond acceptors (Lipinski definition) is 6. The highest BCUT2D eigenvalue weighted by Crippen LogP contribution is 2.37. The number of nitriles is 1. The maximum Gasteiger partial charge on any atom is 0.171 e. The Morgan fingerprint density at radius 3 is 2.96 bits per heavy atom. The normalized spacial score (nSPS) is 11.5. The van der Waals surface area contributed by atoms with E-state index in [-0.39, 0.29) is 5.75 Å². The molecular formula is C18H13IN2O2S2. The van der Waals surface area contributed by atoms with Crippen molar-refractivity contribution in [2.75, 3.05) is 6.61 Å². The van der Waals surface area contributed by atoms with Crippen molar-refractivity contribution < 1.29 is 9.84 Å². The standard InChI is InChI=1S/C18H13IN2O2S2/c1-2-23-15-9-11(8-13(19)17(15)22)7-12(10-20)24-18-21-14-5-3-4-6-16(14)25-18/h3-9,22H,2H2,1H3. The molecule has 2 aromatic carbocycles. The van der Waals surface area contributed by atoms with Gasteiger partial charge < -0.3 is 9.84 Å². The third-order valence-corrected chi connectivity index (χ3v) is 6.08. The molecule has 0 aliphatic carbocycles. The number of hydrogen-bond donors (Lipinski definition) is 1. The summed E-state index contributed by atoms with van der Waals surface area (Å²) in [5.41, 5.74) is 1.74. The van der Waals surface area contributed by atoms with Crippen LogP contribution in [0.3, 0.4) is 0 Å². The van der Waals surface area contributed by atoms with Crippen molar-refractivity contribution in [3.8, 4) is 17.6 Å². The highest BCUT2D eigenvalue weighted by Gasteiger charge is 2.11. The van der Waals surface area contributed by atoms with E-state index >= 15 is 0 Å². The molecule has 1 heterocycles. The molecule has 7 heteroatoms. The van der Waals surface area contributed by atoms with Gasteiger partial charge in [0, 0.05) is 0 Å². The zero-order valence-electron chi connectivity index (χ0n) is 13.2. The fourth-order valence-corrected chi connectivity index (χ4v) is 4.77. The number of phenolic OH excluding ortho intramolecular Hbond substituents is 1. The van der Waals surface area contributed by atoms with E-state index in [4.69, 9.17) is 4.74 Å². The van der Waals surface area contributed by atoms with Crippen LogP contribution in [0.4, 0.5) is 0 Å². The van der Waals surface area contributed by atoms with E-state index in [0.717, 1.165) is 20.1 Å². The average molecular weight is 480 g/mol.